The maximum absolute atomic E-state index is 9.40. The van der Waals surface area contributed by atoms with Crippen molar-refractivity contribution in [3.8, 4) is 0 Å². The molecule has 2 heteroatoms. The summed E-state index contributed by atoms with van der Waals surface area (Å²) in [6, 6.07) is 7.43. The summed E-state index contributed by atoms with van der Waals surface area (Å²) in [5.41, 5.74) is 4.53. The minimum atomic E-state index is 0.361. The first-order chi connectivity index (χ1) is 9.78. The molecular weight excluding hydrogens is 246 g/mol. The zero-order chi connectivity index (χ0) is 13.9. The highest BCUT2D eigenvalue weighted by Gasteiger charge is 2.26. The van der Waals surface area contributed by atoms with Gasteiger partial charge in [-0.05, 0) is 74.1 Å². The lowest BCUT2D eigenvalue weighted by Crippen LogP contribution is -2.28. The zero-order valence-corrected chi connectivity index (χ0v) is 12.6. The molecule has 3 rings (SSSR count). The van der Waals surface area contributed by atoms with E-state index in [1.54, 1.807) is 11.1 Å². The molecule has 1 fully saturated rings. The second-order valence-electron chi connectivity index (χ2n) is 6.65. The van der Waals surface area contributed by atoms with E-state index in [4.69, 9.17) is 0 Å². The van der Waals surface area contributed by atoms with E-state index < -0.39 is 0 Å². The van der Waals surface area contributed by atoms with Gasteiger partial charge >= 0.3 is 0 Å². The van der Waals surface area contributed by atoms with Crippen LogP contribution >= 0.6 is 0 Å². The topological polar surface area (TPSA) is 32.3 Å². The van der Waals surface area contributed by atoms with Gasteiger partial charge in [-0.3, -0.25) is 0 Å². The highest BCUT2D eigenvalue weighted by molar-refractivity contribution is 5.36. The summed E-state index contributed by atoms with van der Waals surface area (Å²) in [6.07, 6.45) is 7.60. The Morgan fingerprint density at radius 2 is 1.95 bits per heavy atom. The van der Waals surface area contributed by atoms with E-state index in [1.165, 1.54) is 44.1 Å². The Morgan fingerprint density at radius 3 is 2.80 bits per heavy atom. The molecule has 3 atom stereocenters. The Balaban J connectivity index is 1.57. The second kappa shape index (κ2) is 6.28. The van der Waals surface area contributed by atoms with Crippen molar-refractivity contribution >= 4 is 0 Å². The standard InChI is InChI=1S/C18H27NO/c1-13(19-11-17-6-3-7-18(17)12-20)15-9-8-14-4-2-5-16(14)10-15/h8-10,13,17-20H,2-7,11-12H2,1H3. The molecule has 0 spiro atoms. The van der Waals surface area contributed by atoms with E-state index in [9.17, 15) is 5.11 Å². The molecule has 0 heterocycles. The first-order valence-corrected chi connectivity index (χ1v) is 8.24. The van der Waals surface area contributed by atoms with E-state index in [0.29, 0.717) is 24.5 Å². The van der Waals surface area contributed by atoms with Gasteiger partial charge in [-0.15, -0.1) is 0 Å². The van der Waals surface area contributed by atoms with Crippen LogP contribution in [-0.2, 0) is 12.8 Å². The molecule has 2 aliphatic rings. The van der Waals surface area contributed by atoms with Gasteiger partial charge in [0.1, 0.15) is 0 Å². The molecule has 2 aliphatic carbocycles. The SMILES string of the molecule is CC(NCC1CCCC1CO)c1ccc2c(c1)CCC2. The molecule has 20 heavy (non-hydrogen) atoms. The first kappa shape index (κ1) is 14.1. The van der Waals surface area contributed by atoms with Crippen molar-refractivity contribution < 1.29 is 5.11 Å². The average molecular weight is 273 g/mol. The lowest BCUT2D eigenvalue weighted by atomic mass is 9.96. The van der Waals surface area contributed by atoms with Crippen LogP contribution in [0.2, 0.25) is 0 Å². The molecular formula is C18H27NO. The van der Waals surface area contributed by atoms with Crippen molar-refractivity contribution in [2.24, 2.45) is 11.8 Å². The van der Waals surface area contributed by atoms with Crippen molar-refractivity contribution in [3.05, 3.63) is 34.9 Å². The molecule has 0 amide bonds. The number of benzene rings is 1. The fourth-order valence-electron chi connectivity index (χ4n) is 3.93. The molecule has 2 N–H and O–H groups in total. The molecule has 2 nitrogen and oxygen atoms in total. The number of rotatable bonds is 5. The number of hydrogen-bond acceptors (Lipinski definition) is 2. The molecule has 110 valence electrons. The molecule has 1 aromatic rings. The number of aryl methyl sites for hydroxylation is 2. The minimum absolute atomic E-state index is 0.361. The smallest absolute Gasteiger partial charge is 0.0462 e. The quantitative estimate of drug-likeness (QED) is 0.863. The van der Waals surface area contributed by atoms with Gasteiger partial charge in [0.15, 0.2) is 0 Å². The van der Waals surface area contributed by atoms with E-state index in [1.807, 2.05) is 0 Å². The van der Waals surface area contributed by atoms with Crippen LogP contribution in [0.5, 0.6) is 0 Å². The van der Waals surface area contributed by atoms with Crippen molar-refractivity contribution in [3.63, 3.8) is 0 Å². The van der Waals surface area contributed by atoms with Crippen LogP contribution in [0.25, 0.3) is 0 Å². The number of aliphatic hydroxyl groups is 1. The van der Waals surface area contributed by atoms with Crippen LogP contribution in [0, 0.1) is 11.8 Å². The Bertz CT molecular complexity index is 457. The van der Waals surface area contributed by atoms with Crippen LogP contribution in [0.3, 0.4) is 0 Å². The fourth-order valence-corrected chi connectivity index (χ4v) is 3.93. The Hall–Kier alpha value is -0.860. The Labute approximate surface area is 122 Å². The Kier molecular flexibility index (Phi) is 4.42. The van der Waals surface area contributed by atoms with E-state index in [-0.39, 0.29) is 0 Å². The second-order valence-corrected chi connectivity index (χ2v) is 6.65. The molecule has 0 bridgehead atoms. The predicted molar refractivity (Wildman–Crippen MR) is 82.8 cm³/mol. The maximum atomic E-state index is 9.40. The summed E-state index contributed by atoms with van der Waals surface area (Å²) in [5.74, 6) is 1.19. The van der Waals surface area contributed by atoms with Gasteiger partial charge in [0.05, 0.1) is 0 Å². The van der Waals surface area contributed by atoms with Crippen LogP contribution in [-0.4, -0.2) is 18.3 Å². The third kappa shape index (κ3) is 2.91. The molecule has 0 aliphatic heterocycles. The first-order valence-electron chi connectivity index (χ1n) is 8.24. The highest BCUT2D eigenvalue weighted by atomic mass is 16.3. The van der Waals surface area contributed by atoms with Crippen molar-refractivity contribution in [2.75, 3.05) is 13.2 Å². The van der Waals surface area contributed by atoms with Gasteiger partial charge in [-0.25, -0.2) is 0 Å². The number of hydrogen-bond donors (Lipinski definition) is 2. The molecule has 0 saturated heterocycles. The van der Waals surface area contributed by atoms with Gasteiger partial charge < -0.3 is 10.4 Å². The zero-order valence-electron chi connectivity index (χ0n) is 12.6. The van der Waals surface area contributed by atoms with Crippen molar-refractivity contribution in [1.82, 2.24) is 5.32 Å². The lowest BCUT2D eigenvalue weighted by molar-refractivity contribution is 0.190. The van der Waals surface area contributed by atoms with E-state index >= 15 is 0 Å². The molecule has 0 radical (unpaired) electrons. The van der Waals surface area contributed by atoms with Crippen molar-refractivity contribution in [1.29, 1.82) is 0 Å². The van der Waals surface area contributed by atoms with Gasteiger partial charge in [0, 0.05) is 12.6 Å². The Morgan fingerprint density at radius 1 is 1.15 bits per heavy atom. The number of fused-ring (bicyclic) bond motifs is 1. The van der Waals surface area contributed by atoms with Gasteiger partial charge in [0.2, 0.25) is 0 Å². The summed E-state index contributed by atoms with van der Waals surface area (Å²) in [4.78, 5) is 0. The van der Waals surface area contributed by atoms with Gasteiger partial charge in [0.25, 0.3) is 0 Å². The summed E-state index contributed by atoms with van der Waals surface area (Å²) in [6.45, 7) is 3.67. The van der Waals surface area contributed by atoms with E-state index in [2.05, 4.69) is 30.4 Å². The summed E-state index contributed by atoms with van der Waals surface area (Å²) in [7, 11) is 0. The number of nitrogens with one attached hydrogen (secondary N) is 1. The van der Waals surface area contributed by atoms with E-state index in [0.717, 1.165) is 6.54 Å². The third-order valence-electron chi connectivity index (χ3n) is 5.36. The normalized spacial score (nSPS) is 26.7. The molecule has 0 aromatic heterocycles. The number of aliphatic hydroxyl groups excluding tert-OH is 1. The largest absolute Gasteiger partial charge is 0.396 e. The summed E-state index contributed by atoms with van der Waals surface area (Å²) >= 11 is 0. The molecule has 1 aromatic carbocycles. The predicted octanol–water partition coefficient (Wildman–Crippen LogP) is 3.23. The van der Waals surface area contributed by atoms with Gasteiger partial charge in [-0.1, -0.05) is 24.6 Å². The van der Waals surface area contributed by atoms with Gasteiger partial charge in [-0.2, -0.15) is 0 Å². The van der Waals surface area contributed by atoms with Crippen LogP contribution in [0.4, 0.5) is 0 Å². The summed E-state index contributed by atoms with van der Waals surface area (Å²) in [5, 5.41) is 13.1. The van der Waals surface area contributed by atoms with Crippen LogP contribution in [0.15, 0.2) is 18.2 Å². The van der Waals surface area contributed by atoms with Crippen LogP contribution in [0.1, 0.15) is 55.3 Å². The van der Waals surface area contributed by atoms with Crippen LogP contribution < -0.4 is 5.32 Å². The molecule has 3 unspecified atom stereocenters. The average Bonchev–Trinajstić information content (AvgIpc) is 3.12. The minimum Gasteiger partial charge on any atom is -0.396 e. The fraction of sp³-hybridized carbons (Fsp3) is 0.667. The molecule has 1 saturated carbocycles. The monoisotopic (exact) mass is 273 g/mol. The third-order valence-corrected chi connectivity index (χ3v) is 5.36. The summed E-state index contributed by atoms with van der Waals surface area (Å²) < 4.78 is 0. The highest BCUT2D eigenvalue weighted by Crippen LogP contribution is 2.31. The lowest BCUT2D eigenvalue weighted by Gasteiger charge is -2.22. The maximum Gasteiger partial charge on any atom is 0.0462 e. The van der Waals surface area contributed by atoms with Crippen molar-refractivity contribution in [2.45, 2.75) is 51.5 Å².